The molecule has 0 saturated carbocycles. The summed E-state index contributed by atoms with van der Waals surface area (Å²) in [5.74, 6) is -0.270. The minimum atomic E-state index is -0.997. The topological polar surface area (TPSA) is 120 Å². The van der Waals surface area contributed by atoms with E-state index in [-0.39, 0.29) is 24.7 Å². The van der Waals surface area contributed by atoms with Crippen LogP contribution in [0.4, 0.5) is 5.95 Å². The number of rotatable bonds is 7. The first-order valence-electron chi connectivity index (χ1n) is 8.37. The van der Waals surface area contributed by atoms with E-state index in [1.54, 1.807) is 30.3 Å². The van der Waals surface area contributed by atoms with Gasteiger partial charge >= 0.3 is 5.97 Å². The number of aromatic nitrogens is 4. The van der Waals surface area contributed by atoms with Gasteiger partial charge in [0.15, 0.2) is 6.10 Å². The molecule has 2 heterocycles. The van der Waals surface area contributed by atoms with E-state index < -0.39 is 18.0 Å². The van der Waals surface area contributed by atoms with Crippen LogP contribution in [-0.2, 0) is 20.7 Å². The average molecular weight is 402 g/mol. The molecule has 0 spiro atoms. The summed E-state index contributed by atoms with van der Waals surface area (Å²) in [4.78, 5) is 35.9. The molecule has 3 aromatic rings. The van der Waals surface area contributed by atoms with Crippen LogP contribution < -0.4 is 5.32 Å². The van der Waals surface area contributed by atoms with Crippen molar-refractivity contribution in [1.82, 2.24) is 20.1 Å². The molecule has 2 aromatic heterocycles. The smallest absolute Gasteiger partial charge is 0.307 e. The molecule has 0 bridgehead atoms. The molecule has 1 unspecified atom stereocenters. The second kappa shape index (κ2) is 9.05. The number of carbonyl (C=O) groups excluding carboxylic acids is 2. The number of halogens is 1. The van der Waals surface area contributed by atoms with Crippen LogP contribution in [0.5, 0.6) is 0 Å². The number of hydrogen-bond acceptors (Lipinski definition) is 8. The maximum atomic E-state index is 12.0. The van der Waals surface area contributed by atoms with Crippen molar-refractivity contribution in [2.24, 2.45) is 0 Å². The molecule has 9 nitrogen and oxygen atoms in total. The standard InChI is InChI=1S/C18H16ClN5O4/c1-11(17(26)23-18-20-9-2-10-21-18)27-15(25)8-7-14-22-16(24-28-14)12-3-5-13(19)6-4-12/h2-6,9-11H,7-8H2,1H3,(H,20,21,23,26). The third-order valence-corrected chi connectivity index (χ3v) is 3.84. The van der Waals surface area contributed by atoms with E-state index in [0.29, 0.717) is 10.8 Å². The van der Waals surface area contributed by atoms with Crippen LogP contribution in [0.1, 0.15) is 19.2 Å². The number of ether oxygens (including phenoxy) is 1. The van der Waals surface area contributed by atoms with Crippen LogP contribution in [0, 0.1) is 0 Å². The average Bonchev–Trinajstić information content (AvgIpc) is 3.17. The van der Waals surface area contributed by atoms with Crippen LogP contribution in [0.25, 0.3) is 11.4 Å². The molecule has 0 saturated heterocycles. The van der Waals surface area contributed by atoms with E-state index in [1.807, 2.05) is 0 Å². The van der Waals surface area contributed by atoms with E-state index in [0.717, 1.165) is 5.56 Å². The van der Waals surface area contributed by atoms with Crippen molar-refractivity contribution in [3.05, 3.63) is 53.6 Å². The van der Waals surface area contributed by atoms with Crippen LogP contribution in [0.3, 0.4) is 0 Å². The number of hydrogen-bond donors (Lipinski definition) is 1. The van der Waals surface area contributed by atoms with E-state index in [9.17, 15) is 9.59 Å². The molecule has 0 radical (unpaired) electrons. The maximum absolute atomic E-state index is 12.0. The molecular weight excluding hydrogens is 386 g/mol. The lowest BCUT2D eigenvalue weighted by atomic mass is 10.2. The highest BCUT2D eigenvalue weighted by atomic mass is 35.5. The Kier molecular flexibility index (Phi) is 6.28. The highest BCUT2D eigenvalue weighted by Crippen LogP contribution is 2.19. The van der Waals surface area contributed by atoms with Crippen molar-refractivity contribution in [3.8, 4) is 11.4 Å². The van der Waals surface area contributed by atoms with Gasteiger partial charge in [-0.15, -0.1) is 0 Å². The summed E-state index contributed by atoms with van der Waals surface area (Å²) < 4.78 is 10.2. The number of carbonyl (C=O) groups is 2. The summed E-state index contributed by atoms with van der Waals surface area (Å²) in [6, 6.07) is 8.59. The normalized spacial score (nSPS) is 11.6. The van der Waals surface area contributed by atoms with Crippen molar-refractivity contribution >= 4 is 29.4 Å². The van der Waals surface area contributed by atoms with Crippen molar-refractivity contribution in [1.29, 1.82) is 0 Å². The number of aryl methyl sites for hydroxylation is 1. The zero-order valence-corrected chi connectivity index (χ0v) is 15.6. The monoisotopic (exact) mass is 401 g/mol. The molecule has 28 heavy (non-hydrogen) atoms. The molecule has 144 valence electrons. The van der Waals surface area contributed by atoms with E-state index in [1.165, 1.54) is 19.3 Å². The quantitative estimate of drug-likeness (QED) is 0.600. The van der Waals surface area contributed by atoms with Gasteiger partial charge in [0.05, 0.1) is 6.42 Å². The Hall–Kier alpha value is -3.33. The van der Waals surface area contributed by atoms with Gasteiger partial charge in [-0.2, -0.15) is 4.98 Å². The van der Waals surface area contributed by atoms with Crippen molar-refractivity contribution in [3.63, 3.8) is 0 Å². The van der Waals surface area contributed by atoms with Gasteiger partial charge in [0.25, 0.3) is 5.91 Å². The summed E-state index contributed by atoms with van der Waals surface area (Å²) in [5.41, 5.74) is 0.746. The fourth-order valence-corrected chi connectivity index (χ4v) is 2.29. The number of nitrogens with zero attached hydrogens (tertiary/aromatic N) is 4. The van der Waals surface area contributed by atoms with Crippen LogP contribution in [-0.4, -0.2) is 38.1 Å². The second-order valence-electron chi connectivity index (χ2n) is 5.71. The Bertz CT molecular complexity index is 946. The fraction of sp³-hybridized carbons (Fsp3) is 0.222. The van der Waals surface area contributed by atoms with Crippen LogP contribution >= 0.6 is 11.6 Å². The molecule has 1 amide bonds. The highest BCUT2D eigenvalue weighted by Gasteiger charge is 2.19. The molecular formula is C18H16ClN5O4. The highest BCUT2D eigenvalue weighted by molar-refractivity contribution is 6.30. The molecule has 10 heteroatoms. The van der Waals surface area contributed by atoms with Gasteiger partial charge in [0.2, 0.25) is 17.7 Å². The number of amides is 1. The molecule has 3 rings (SSSR count). The minimum Gasteiger partial charge on any atom is -0.453 e. The van der Waals surface area contributed by atoms with Crippen molar-refractivity contribution in [2.45, 2.75) is 25.9 Å². The van der Waals surface area contributed by atoms with E-state index in [4.69, 9.17) is 20.9 Å². The Labute approximate surface area is 165 Å². The predicted octanol–water partition coefficient (Wildman–Crippen LogP) is 2.68. The van der Waals surface area contributed by atoms with Gasteiger partial charge in [-0.3, -0.25) is 14.9 Å². The van der Waals surface area contributed by atoms with Gasteiger partial charge in [-0.25, -0.2) is 9.97 Å². The second-order valence-corrected chi connectivity index (χ2v) is 6.15. The minimum absolute atomic E-state index is 0.0122. The Morgan fingerprint density at radius 3 is 2.64 bits per heavy atom. The van der Waals surface area contributed by atoms with Crippen molar-refractivity contribution in [2.75, 3.05) is 5.32 Å². The molecule has 0 fully saturated rings. The summed E-state index contributed by atoms with van der Waals surface area (Å²) in [6.45, 7) is 1.46. The number of benzene rings is 1. The molecule has 1 atom stereocenters. The SMILES string of the molecule is CC(OC(=O)CCc1nc(-c2ccc(Cl)cc2)no1)C(=O)Nc1ncccn1. The van der Waals surface area contributed by atoms with Crippen LogP contribution in [0.2, 0.25) is 5.02 Å². The molecule has 0 aliphatic carbocycles. The first-order chi connectivity index (χ1) is 13.5. The molecule has 1 aromatic carbocycles. The van der Waals surface area contributed by atoms with E-state index in [2.05, 4.69) is 25.4 Å². The summed E-state index contributed by atoms with van der Waals surface area (Å²) in [7, 11) is 0. The third-order valence-electron chi connectivity index (χ3n) is 3.59. The molecule has 0 aliphatic heterocycles. The summed E-state index contributed by atoms with van der Waals surface area (Å²) in [6.07, 6.45) is 2.16. The molecule has 1 N–H and O–H groups in total. The largest absolute Gasteiger partial charge is 0.453 e. The third kappa shape index (κ3) is 5.34. The first kappa shape index (κ1) is 19.4. The Morgan fingerprint density at radius 1 is 1.21 bits per heavy atom. The van der Waals surface area contributed by atoms with Gasteiger partial charge < -0.3 is 9.26 Å². The van der Waals surface area contributed by atoms with Crippen molar-refractivity contribution < 1.29 is 18.8 Å². The zero-order chi connectivity index (χ0) is 19.9. The number of esters is 1. The number of nitrogens with one attached hydrogen (secondary N) is 1. The fourth-order valence-electron chi connectivity index (χ4n) is 2.17. The molecule has 0 aliphatic rings. The summed E-state index contributed by atoms with van der Waals surface area (Å²) >= 11 is 5.85. The Morgan fingerprint density at radius 2 is 1.93 bits per heavy atom. The lowest BCUT2D eigenvalue weighted by Gasteiger charge is -2.12. The van der Waals surface area contributed by atoms with Gasteiger partial charge in [0.1, 0.15) is 0 Å². The van der Waals surface area contributed by atoms with Crippen LogP contribution in [0.15, 0.2) is 47.2 Å². The lowest BCUT2D eigenvalue weighted by molar-refractivity contribution is -0.153. The lowest BCUT2D eigenvalue weighted by Crippen LogP contribution is -2.30. The first-order valence-corrected chi connectivity index (χ1v) is 8.75. The Balaban J connectivity index is 1.47. The zero-order valence-electron chi connectivity index (χ0n) is 14.8. The predicted molar refractivity (Wildman–Crippen MR) is 99.3 cm³/mol. The van der Waals surface area contributed by atoms with Gasteiger partial charge in [0, 0.05) is 29.4 Å². The van der Waals surface area contributed by atoms with E-state index >= 15 is 0 Å². The van der Waals surface area contributed by atoms with Gasteiger partial charge in [-0.05, 0) is 37.3 Å². The number of anilines is 1. The van der Waals surface area contributed by atoms with Gasteiger partial charge in [-0.1, -0.05) is 16.8 Å². The maximum Gasteiger partial charge on any atom is 0.307 e. The summed E-state index contributed by atoms with van der Waals surface area (Å²) in [5, 5.41) is 6.93.